The average molecular weight is 620 g/mol. The van der Waals surface area contributed by atoms with Crippen molar-refractivity contribution in [1.29, 1.82) is 0 Å². The molecule has 4 atom stereocenters. The Balaban J connectivity index is 0.000000308. The molecule has 2 aromatic heterocycles. The molecule has 0 amide bonds. The minimum absolute atomic E-state index is 0.0320. The smallest absolute Gasteiger partial charge is 0.318 e. The van der Waals surface area contributed by atoms with Crippen molar-refractivity contribution in [2.24, 2.45) is 0 Å². The fraction of sp³-hybridized carbons (Fsp3) is 0.424. The number of nitrogens with zero attached hydrogens (tertiary/aromatic N) is 5. The van der Waals surface area contributed by atoms with Crippen molar-refractivity contribution in [3.8, 4) is 41.2 Å². The molecular weight excluding hydrogens is 587 g/mol. The maximum absolute atomic E-state index is 16.3. The molecule has 4 aliphatic rings. The first-order valence-electron chi connectivity index (χ1n) is 15.0. The number of methoxy groups -OCH3 is 2. The van der Waals surface area contributed by atoms with Crippen LogP contribution in [0.1, 0.15) is 31.2 Å². The van der Waals surface area contributed by atoms with Gasteiger partial charge < -0.3 is 24.2 Å². The Bertz CT molecular complexity index is 1840. The third kappa shape index (κ3) is 5.04. The van der Waals surface area contributed by atoms with Gasteiger partial charge in [0.25, 0.3) is 0 Å². The predicted molar refractivity (Wildman–Crippen MR) is 162 cm³/mol. The van der Waals surface area contributed by atoms with Crippen molar-refractivity contribution in [2.45, 2.75) is 50.0 Å². The number of pyridine rings is 1. The number of terminal acetylenes is 1. The van der Waals surface area contributed by atoms with Gasteiger partial charge >= 0.3 is 6.01 Å². The molecule has 0 saturated carbocycles. The Kier molecular flexibility index (Phi) is 7.54. The summed E-state index contributed by atoms with van der Waals surface area (Å²) in [6, 6.07) is 6.01. The van der Waals surface area contributed by atoms with Crippen LogP contribution in [0.3, 0.4) is 0 Å². The van der Waals surface area contributed by atoms with Gasteiger partial charge in [-0.1, -0.05) is 12.0 Å². The number of ether oxygens (including phenoxy) is 3. The van der Waals surface area contributed by atoms with Crippen LogP contribution in [0.5, 0.6) is 17.6 Å². The third-order valence-corrected chi connectivity index (χ3v) is 9.17. The van der Waals surface area contributed by atoms with E-state index < -0.39 is 17.8 Å². The zero-order chi connectivity index (χ0) is 31.4. The number of phenols is 1. The van der Waals surface area contributed by atoms with E-state index in [4.69, 9.17) is 20.6 Å². The minimum atomic E-state index is -0.813. The second-order valence-electron chi connectivity index (χ2n) is 11.8. The molecule has 6 heterocycles. The van der Waals surface area contributed by atoms with Gasteiger partial charge in [0, 0.05) is 30.1 Å². The fourth-order valence-electron chi connectivity index (χ4n) is 7.17. The minimum Gasteiger partial charge on any atom is -0.508 e. The number of anilines is 1. The van der Waals surface area contributed by atoms with E-state index in [2.05, 4.69) is 25.8 Å². The van der Waals surface area contributed by atoms with Crippen molar-refractivity contribution in [3.63, 3.8) is 0 Å². The Morgan fingerprint density at radius 2 is 1.89 bits per heavy atom. The number of fused-ring (bicyclic) bond motifs is 5. The van der Waals surface area contributed by atoms with E-state index in [1.165, 1.54) is 51.3 Å². The van der Waals surface area contributed by atoms with Gasteiger partial charge in [-0.05, 0) is 55.8 Å². The van der Waals surface area contributed by atoms with Crippen molar-refractivity contribution >= 4 is 27.5 Å². The van der Waals surface area contributed by atoms with Crippen LogP contribution in [0.4, 0.5) is 19.0 Å². The van der Waals surface area contributed by atoms with E-state index >= 15 is 4.39 Å². The zero-order valence-corrected chi connectivity index (χ0v) is 24.9. The highest BCUT2D eigenvalue weighted by molar-refractivity contribution is 6.04. The molecule has 8 rings (SSSR count). The summed E-state index contributed by atoms with van der Waals surface area (Å²) in [5.41, 5.74) is -0.266. The van der Waals surface area contributed by atoms with Crippen LogP contribution >= 0.6 is 0 Å². The van der Waals surface area contributed by atoms with E-state index in [9.17, 15) is 13.9 Å². The summed E-state index contributed by atoms with van der Waals surface area (Å²) in [5, 5.41) is 11.3. The molecular formula is C33H32F3N5O4. The quantitative estimate of drug-likeness (QED) is 0.317. The topological polar surface area (TPSA) is 93.1 Å². The number of benzene rings is 2. The standard InChI is InChI=1S/C26H20F2N4O4.C7H12FN/c1-4-16-18(27)6-5-12-7-14(33)9-17(19(12)16)22-21(28)23-20(25(29-22)34-2)24(31-26(30-23)35-3)32-10-15-8-13(32)11-36-15;8-6-4-7-2-1-3-9(7)5-6/h1,5-7,9,13,15,33H,8,10-11H2,2-3H3;6-7H,1-5H2. The largest absolute Gasteiger partial charge is 0.508 e. The van der Waals surface area contributed by atoms with E-state index in [1.807, 2.05) is 4.90 Å². The van der Waals surface area contributed by atoms with Crippen LogP contribution in [-0.2, 0) is 4.74 Å². The number of alkyl halides is 1. The molecule has 45 heavy (non-hydrogen) atoms. The van der Waals surface area contributed by atoms with Gasteiger partial charge in [0.2, 0.25) is 5.88 Å². The van der Waals surface area contributed by atoms with Gasteiger partial charge in [0.15, 0.2) is 5.82 Å². The van der Waals surface area contributed by atoms with E-state index in [0.717, 1.165) is 19.4 Å². The number of rotatable bonds is 4. The lowest BCUT2D eigenvalue weighted by Crippen LogP contribution is -2.37. The van der Waals surface area contributed by atoms with Gasteiger partial charge in [0.05, 0.1) is 38.5 Å². The summed E-state index contributed by atoms with van der Waals surface area (Å²) in [7, 11) is 2.80. The number of hydrogen-bond donors (Lipinski definition) is 1. The lowest BCUT2D eigenvalue weighted by Gasteiger charge is -2.29. The van der Waals surface area contributed by atoms with Gasteiger partial charge in [-0.2, -0.15) is 9.97 Å². The molecule has 4 aliphatic heterocycles. The first kappa shape index (κ1) is 29.4. The van der Waals surface area contributed by atoms with Crippen LogP contribution in [0, 0.1) is 24.0 Å². The Labute approximate surface area is 257 Å². The second-order valence-corrected chi connectivity index (χ2v) is 11.8. The SMILES string of the molecule is C#Cc1c(F)ccc2cc(O)cc(-c3nc(OC)c4c(N5CC6CC5CO6)nc(OC)nc4c3F)c12.FC1CC2CCCN2C1. The van der Waals surface area contributed by atoms with Crippen LogP contribution in [0.25, 0.3) is 32.9 Å². The van der Waals surface area contributed by atoms with Crippen molar-refractivity contribution in [2.75, 3.05) is 45.4 Å². The van der Waals surface area contributed by atoms with Crippen LogP contribution < -0.4 is 14.4 Å². The highest BCUT2D eigenvalue weighted by Crippen LogP contribution is 2.43. The normalized spacial score (nSPS) is 23.7. The molecule has 0 spiro atoms. The molecule has 4 aromatic rings. The summed E-state index contributed by atoms with van der Waals surface area (Å²) in [4.78, 5) is 17.6. The highest BCUT2D eigenvalue weighted by Gasteiger charge is 2.41. The van der Waals surface area contributed by atoms with Crippen LogP contribution in [0.2, 0.25) is 0 Å². The number of aromatic nitrogens is 3. The van der Waals surface area contributed by atoms with E-state index in [0.29, 0.717) is 36.9 Å². The number of aromatic hydroxyl groups is 1. The summed E-state index contributed by atoms with van der Waals surface area (Å²) < 4.78 is 60.1. The Morgan fingerprint density at radius 1 is 1.04 bits per heavy atom. The molecule has 0 aliphatic carbocycles. The maximum Gasteiger partial charge on any atom is 0.318 e. The van der Waals surface area contributed by atoms with Crippen molar-refractivity contribution in [3.05, 3.63) is 41.5 Å². The molecule has 4 fully saturated rings. The summed E-state index contributed by atoms with van der Waals surface area (Å²) in [5.74, 6) is 1.20. The van der Waals surface area contributed by atoms with Crippen LogP contribution in [0.15, 0.2) is 24.3 Å². The monoisotopic (exact) mass is 619 g/mol. The molecule has 234 valence electrons. The number of halogens is 3. The number of phenolic OH excluding ortho intramolecular Hbond substituents is 1. The zero-order valence-electron chi connectivity index (χ0n) is 24.9. The summed E-state index contributed by atoms with van der Waals surface area (Å²) in [6.45, 7) is 2.97. The Morgan fingerprint density at radius 3 is 2.58 bits per heavy atom. The van der Waals surface area contributed by atoms with Gasteiger partial charge in [-0.15, -0.1) is 6.42 Å². The molecule has 2 bridgehead atoms. The lowest BCUT2D eigenvalue weighted by atomic mass is 9.95. The van der Waals surface area contributed by atoms with Crippen molar-refractivity contribution in [1.82, 2.24) is 19.9 Å². The molecule has 12 heteroatoms. The Hall–Kier alpha value is -4.34. The summed E-state index contributed by atoms with van der Waals surface area (Å²) >= 11 is 0. The van der Waals surface area contributed by atoms with Crippen molar-refractivity contribution < 1.29 is 32.5 Å². The number of morpholine rings is 1. The van der Waals surface area contributed by atoms with E-state index in [1.54, 1.807) is 0 Å². The highest BCUT2D eigenvalue weighted by atomic mass is 19.1. The third-order valence-electron chi connectivity index (χ3n) is 9.17. The molecule has 2 aromatic carbocycles. The summed E-state index contributed by atoms with van der Waals surface area (Å²) in [6.07, 6.45) is 9.31. The molecule has 4 saturated heterocycles. The molecule has 0 radical (unpaired) electrons. The van der Waals surface area contributed by atoms with Gasteiger partial charge in [-0.25, -0.2) is 18.2 Å². The number of hydrogen-bond acceptors (Lipinski definition) is 9. The maximum atomic E-state index is 16.3. The van der Waals surface area contributed by atoms with Crippen LogP contribution in [-0.4, -0.2) is 89.8 Å². The molecule has 1 N–H and O–H groups in total. The van der Waals surface area contributed by atoms with E-state index in [-0.39, 0.29) is 62.9 Å². The molecule has 4 unspecified atom stereocenters. The fourth-order valence-corrected chi connectivity index (χ4v) is 7.17. The van der Waals surface area contributed by atoms with Gasteiger partial charge in [0.1, 0.15) is 40.2 Å². The lowest BCUT2D eigenvalue weighted by molar-refractivity contribution is 0.0989. The first-order chi connectivity index (χ1) is 21.8. The van der Waals surface area contributed by atoms with Gasteiger partial charge in [-0.3, -0.25) is 4.90 Å². The predicted octanol–water partition coefficient (Wildman–Crippen LogP) is 5.00. The molecule has 9 nitrogen and oxygen atoms in total. The first-order valence-corrected chi connectivity index (χ1v) is 15.0. The average Bonchev–Trinajstić information content (AvgIpc) is 3.84. The second kappa shape index (κ2) is 11.5.